The zero-order valence-corrected chi connectivity index (χ0v) is 18.1. The quantitative estimate of drug-likeness (QED) is 0.648. The summed E-state index contributed by atoms with van der Waals surface area (Å²) in [5.41, 5.74) is 1.43. The van der Waals surface area contributed by atoms with Crippen molar-refractivity contribution in [1.82, 2.24) is 19.7 Å². The monoisotopic (exact) mass is 444 g/mol. The van der Waals surface area contributed by atoms with Gasteiger partial charge in [0.1, 0.15) is 16.5 Å². The molecule has 3 heterocycles. The van der Waals surface area contributed by atoms with Crippen molar-refractivity contribution >= 4 is 38.8 Å². The summed E-state index contributed by atoms with van der Waals surface area (Å²) in [6.07, 6.45) is 5.02. The summed E-state index contributed by atoms with van der Waals surface area (Å²) in [7, 11) is -0.225. The predicted octanol–water partition coefficient (Wildman–Crippen LogP) is 2.61. The molecule has 156 valence electrons. The van der Waals surface area contributed by atoms with Gasteiger partial charge in [-0.15, -0.1) is 15.7 Å². The van der Waals surface area contributed by atoms with Crippen LogP contribution in [-0.4, -0.2) is 53.4 Å². The van der Waals surface area contributed by atoms with Gasteiger partial charge in [-0.25, -0.2) is 4.98 Å². The smallest absolute Gasteiger partial charge is 0.284 e. The molecule has 0 bridgehead atoms. The van der Waals surface area contributed by atoms with Crippen LogP contribution in [0.25, 0.3) is 10.6 Å². The zero-order chi connectivity index (χ0) is 21.3. The third-order valence-electron chi connectivity index (χ3n) is 4.64. The van der Waals surface area contributed by atoms with Crippen molar-refractivity contribution in [2.45, 2.75) is 17.7 Å². The molecule has 11 heteroatoms. The molecule has 0 spiro atoms. The Kier molecular flexibility index (Phi) is 5.39. The Balaban J connectivity index is 1.52. The molecule has 3 aromatic rings. The van der Waals surface area contributed by atoms with E-state index in [1.165, 1.54) is 23.5 Å². The van der Waals surface area contributed by atoms with E-state index in [-0.39, 0.29) is 10.6 Å². The van der Waals surface area contributed by atoms with Crippen molar-refractivity contribution in [3.63, 3.8) is 0 Å². The first-order valence-electron chi connectivity index (χ1n) is 9.23. The van der Waals surface area contributed by atoms with Crippen LogP contribution in [0.2, 0.25) is 0 Å². The van der Waals surface area contributed by atoms with E-state index >= 15 is 0 Å². The fourth-order valence-electron chi connectivity index (χ4n) is 3.07. The maximum Gasteiger partial charge on any atom is 0.284 e. The first kappa shape index (κ1) is 20.2. The topological polar surface area (TPSA) is 110 Å². The summed E-state index contributed by atoms with van der Waals surface area (Å²) in [5.74, 6) is 0.132. The molecule has 0 saturated carbocycles. The zero-order valence-electron chi connectivity index (χ0n) is 16.4. The number of amidine groups is 1. The lowest BCUT2D eigenvalue weighted by Gasteiger charge is -2.11. The average molecular weight is 445 g/mol. The number of aryl methyl sites for hydroxylation is 1. The van der Waals surface area contributed by atoms with Crippen LogP contribution in [0, 0.1) is 0 Å². The van der Waals surface area contributed by atoms with Crippen LogP contribution in [0.15, 0.2) is 51.3 Å². The summed E-state index contributed by atoms with van der Waals surface area (Å²) in [6.45, 7) is 0.791. The number of nitrogens with zero attached hydrogens (tertiary/aromatic N) is 5. The van der Waals surface area contributed by atoms with E-state index in [1.54, 1.807) is 35.4 Å². The molecule has 30 heavy (non-hydrogen) atoms. The summed E-state index contributed by atoms with van der Waals surface area (Å²) in [6, 6.07) is 6.07. The Morgan fingerprint density at radius 3 is 2.83 bits per heavy atom. The molecule has 2 aromatic heterocycles. The van der Waals surface area contributed by atoms with Crippen LogP contribution < -0.4 is 5.32 Å². The highest BCUT2D eigenvalue weighted by Crippen LogP contribution is 2.24. The molecule has 4 rings (SSSR count). The first-order chi connectivity index (χ1) is 14.3. The number of aromatic nitrogens is 3. The summed E-state index contributed by atoms with van der Waals surface area (Å²) in [4.78, 5) is 18.8. The molecule has 9 nitrogen and oxygen atoms in total. The summed E-state index contributed by atoms with van der Waals surface area (Å²) >= 11 is 1.34. The minimum absolute atomic E-state index is 0.0300. The van der Waals surface area contributed by atoms with Crippen LogP contribution in [0.5, 0.6) is 0 Å². The van der Waals surface area contributed by atoms with Gasteiger partial charge in [-0.1, -0.05) is 6.07 Å². The third kappa shape index (κ3) is 4.26. The molecule has 1 fully saturated rings. The second kappa shape index (κ2) is 8.00. The molecular formula is C19H20N6O3S2. The number of hydrogen-bond acceptors (Lipinski definition) is 6. The lowest BCUT2D eigenvalue weighted by Crippen LogP contribution is -2.20. The first-order valence-corrected chi connectivity index (χ1v) is 11.5. The largest absolute Gasteiger partial charge is 0.362 e. The Labute approximate surface area is 178 Å². The number of hydrogen-bond donors (Lipinski definition) is 1. The van der Waals surface area contributed by atoms with Crippen molar-refractivity contribution in [3.05, 3.63) is 47.7 Å². The van der Waals surface area contributed by atoms with Gasteiger partial charge in [-0.2, -0.15) is 13.5 Å². The lowest BCUT2D eigenvalue weighted by atomic mass is 10.3. The summed E-state index contributed by atoms with van der Waals surface area (Å²) < 4.78 is 30.9. The molecule has 1 aromatic carbocycles. The molecule has 0 atom stereocenters. The van der Waals surface area contributed by atoms with Crippen LogP contribution >= 0.6 is 11.3 Å². The number of rotatable bonds is 5. The van der Waals surface area contributed by atoms with E-state index in [4.69, 9.17) is 0 Å². The van der Waals surface area contributed by atoms with Gasteiger partial charge in [-0.3, -0.25) is 9.48 Å². The molecule has 0 unspecified atom stereocenters. The highest BCUT2D eigenvalue weighted by molar-refractivity contribution is 7.90. The number of likely N-dealkylation sites (tertiary alicyclic amines) is 1. The summed E-state index contributed by atoms with van der Waals surface area (Å²) in [5, 5.41) is 9.14. The molecule has 1 aliphatic heterocycles. The van der Waals surface area contributed by atoms with E-state index in [2.05, 4.69) is 19.8 Å². The standard InChI is InChI=1S/C19H20N6O3S2/c1-24-8-4-7-17(24)23-30(27,28)15-6-3-5-14(9-15)21-18(26)16-12-29-19(22-16)13-10-20-25(2)11-13/h3,5-6,9-12H,4,7-8H2,1-2H3,(H,21,26). The Morgan fingerprint density at radius 1 is 1.30 bits per heavy atom. The second-order valence-corrected chi connectivity index (χ2v) is 9.39. The van der Waals surface area contributed by atoms with E-state index in [9.17, 15) is 13.2 Å². The van der Waals surface area contributed by atoms with E-state index < -0.39 is 15.9 Å². The number of sulfonamides is 1. The molecule has 0 aliphatic carbocycles. The number of benzene rings is 1. The highest BCUT2D eigenvalue weighted by Gasteiger charge is 2.21. The van der Waals surface area contributed by atoms with Crippen LogP contribution in [-0.2, 0) is 17.1 Å². The highest BCUT2D eigenvalue weighted by atomic mass is 32.2. The van der Waals surface area contributed by atoms with Crippen molar-refractivity contribution in [1.29, 1.82) is 0 Å². The van der Waals surface area contributed by atoms with Crippen LogP contribution in [0.3, 0.4) is 0 Å². The maximum absolute atomic E-state index is 12.7. The van der Waals surface area contributed by atoms with Crippen molar-refractivity contribution in [2.24, 2.45) is 11.4 Å². The number of thiazole rings is 1. The minimum atomic E-state index is -3.86. The van der Waals surface area contributed by atoms with Crippen molar-refractivity contribution < 1.29 is 13.2 Å². The molecule has 1 saturated heterocycles. The predicted molar refractivity (Wildman–Crippen MR) is 115 cm³/mol. The van der Waals surface area contributed by atoms with Gasteiger partial charge in [0.15, 0.2) is 0 Å². The lowest BCUT2D eigenvalue weighted by molar-refractivity contribution is 0.102. The van der Waals surface area contributed by atoms with Crippen molar-refractivity contribution in [3.8, 4) is 10.6 Å². The second-order valence-electron chi connectivity index (χ2n) is 6.93. The van der Waals surface area contributed by atoms with Crippen LogP contribution in [0.4, 0.5) is 5.69 Å². The molecule has 1 aliphatic rings. The van der Waals surface area contributed by atoms with Gasteiger partial charge >= 0.3 is 0 Å². The van der Waals surface area contributed by atoms with Gasteiger partial charge < -0.3 is 10.2 Å². The van der Waals surface area contributed by atoms with Gasteiger partial charge in [0.25, 0.3) is 15.9 Å². The SMILES string of the molecule is CN1CCCC1=NS(=O)(=O)c1cccc(NC(=O)c2csc(-c3cnn(C)c3)n2)c1. The molecule has 1 N–H and O–H groups in total. The van der Waals surface area contributed by atoms with Gasteiger partial charge in [0.05, 0.1) is 11.1 Å². The van der Waals surface area contributed by atoms with Crippen LogP contribution in [0.1, 0.15) is 23.3 Å². The third-order valence-corrected chi connectivity index (χ3v) is 6.83. The number of anilines is 1. The van der Waals surface area contributed by atoms with Gasteiger partial charge in [0, 0.05) is 49.9 Å². The number of carbonyl (C=O) groups is 1. The molecule has 0 radical (unpaired) electrons. The number of carbonyl (C=O) groups excluding carboxylic acids is 1. The maximum atomic E-state index is 12.7. The Bertz CT molecular complexity index is 1230. The van der Waals surface area contributed by atoms with Gasteiger partial charge in [-0.05, 0) is 24.6 Å². The van der Waals surface area contributed by atoms with Crippen molar-refractivity contribution in [2.75, 3.05) is 18.9 Å². The number of amides is 1. The normalized spacial score (nSPS) is 15.7. The fraction of sp³-hybridized carbons (Fsp3) is 0.263. The van der Waals surface area contributed by atoms with E-state index in [0.717, 1.165) is 18.5 Å². The minimum Gasteiger partial charge on any atom is -0.362 e. The molecule has 1 amide bonds. The van der Waals surface area contributed by atoms with Gasteiger partial charge in [0.2, 0.25) is 0 Å². The molecular weight excluding hydrogens is 424 g/mol. The Hall–Kier alpha value is -3.05. The van der Waals surface area contributed by atoms with E-state index in [0.29, 0.717) is 23.0 Å². The number of nitrogens with one attached hydrogen (secondary N) is 1. The Morgan fingerprint density at radius 2 is 2.13 bits per heavy atom. The fourth-order valence-corrected chi connectivity index (χ4v) is 4.99. The average Bonchev–Trinajstić information content (AvgIpc) is 3.44. The van der Waals surface area contributed by atoms with E-state index in [1.807, 2.05) is 18.1 Å².